The molecule has 3 fully saturated rings. The Hall–Kier alpha value is -0.380. The van der Waals surface area contributed by atoms with Gasteiger partial charge in [-0.3, -0.25) is 4.18 Å². The third-order valence-corrected chi connectivity index (χ3v) is 6.48. The van der Waals surface area contributed by atoms with E-state index in [2.05, 4.69) is 71.8 Å². The third kappa shape index (κ3) is 7.31. The first kappa shape index (κ1) is 27.2. The zero-order valence-electron chi connectivity index (χ0n) is 19.9. The summed E-state index contributed by atoms with van der Waals surface area (Å²) in [4.78, 5) is 0. The number of benzene rings is 1. The van der Waals surface area contributed by atoms with Crippen LogP contribution in [0.1, 0.15) is 54.0 Å². The zero-order valence-corrected chi connectivity index (χ0v) is 22.8. The summed E-state index contributed by atoms with van der Waals surface area (Å²) >= 11 is 2.32. The van der Waals surface area contributed by atoms with Crippen molar-refractivity contribution < 1.29 is 40.8 Å². The van der Waals surface area contributed by atoms with Crippen LogP contribution in [-0.4, -0.2) is 61.9 Å². The zero-order chi connectivity index (χ0) is 24.8. The normalized spacial score (nSPS) is 32.5. The number of halogens is 1. The number of fused-ring (bicyclic) bond motifs is 3. The highest BCUT2D eigenvalue weighted by atomic mass is 127. The van der Waals surface area contributed by atoms with E-state index < -0.39 is 59.3 Å². The summed E-state index contributed by atoms with van der Waals surface area (Å²) in [5.41, 5.74) is 1.68. The van der Waals surface area contributed by atoms with Gasteiger partial charge in [-0.15, -0.1) is 0 Å². The maximum Gasteiger partial charge on any atom is 0.217 e. The molecule has 9 nitrogen and oxygen atoms in total. The predicted octanol–water partition coefficient (Wildman–Crippen LogP) is 3.45. The van der Waals surface area contributed by atoms with Crippen molar-refractivity contribution in [1.29, 1.82) is 0 Å². The first-order valence-corrected chi connectivity index (χ1v) is 13.1. The minimum atomic E-state index is -4.82. The summed E-state index contributed by atoms with van der Waals surface area (Å²) < 4.78 is 66.3. The molecule has 0 radical (unpaired) electrons. The molecule has 3 saturated heterocycles. The van der Waals surface area contributed by atoms with Crippen LogP contribution in [0.2, 0.25) is 0 Å². The fourth-order valence-corrected chi connectivity index (χ4v) is 4.59. The lowest BCUT2D eigenvalue weighted by Gasteiger charge is -2.37. The second kappa shape index (κ2) is 9.58. The van der Waals surface area contributed by atoms with Gasteiger partial charge in [-0.05, 0) is 73.4 Å². The van der Waals surface area contributed by atoms with E-state index in [-0.39, 0.29) is 5.41 Å². The molecule has 33 heavy (non-hydrogen) atoms. The Morgan fingerprint density at radius 2 is 1.45 bits per heavy atom. The molecular weight excluding hydrogens is 567 g/mol. The van der Waals surface area contributed by atoms with Gasteiger partial charge in [-0.1, -0.05) is 32.9 Å². The fraction of sp³-hybridized carbons (Fsp3) is 0.727. The molecule has 3 aliphatic heterocycles. The van der Waals surface area contributed by atoms with Crippen molar-refractivity contribution in [2.45, 2.75) is 96.2 Å². The minimum Gasteiger partial charge on any atom is -0.726 e. The summed E-state index contributed by atoms with van der Waals surface area (Å²) in [5, 5.41) is 0. The summed E-state index contributed by atoms with van der Waals surface area (Å²) in [6.07, 6.45) is -3.23. The van der Waals surface area contributed by atoms with Crippen LogP contribution in [-0.2, 0) is 43.7 Å². The molecule has 5 atom stereocenters. The molecule has 3 aliphatic rings. The van der Waals surface area contributed by atoms with Gasteiger partial charge in [0.05, 0.1) is 6.61 Å². The fourth-order valence-electron chi connectivity index (χ4n) is 3.93. The van der Waals surface area contributed by atoms with Gasteiger partial charge in [0.2, 0.25) is 10.4 Å². The van der Waals surface area contributed by atoms with Gasteiger partial charge in [0, 0.05) is 3.57 Å². The summed E-state index contributed by atoms with van der Waals surface area (Å²) in [5.74, 6) is -1.76. The number of hydrogen-bond donors (Lipinski definition) is 0. The molecule has 11 heteroatoms. The maximum atomic E-state index is 10.7. The van der Waals surface area contributed by atoms with Gasteiger partial charge in [0.15, 0.2) is 17.9 Å². The number of ether oxygens (including phenoxy) is 5. The van der Waals surface area contributed by atoms with Crippen molar-refractivity contribution in [3.63, 3.8) is 0 Å². The highest BCUT2D eigenvalue weighted by Gasteiger charge is 2.60. The quantitative estimate of drug-likeness (QED) is 0.293. The van der Waals surface area contributed by atoms with Gasteiger partial charge in [-0.25, -0.2) is 8.42 Å². The first-order chi connectivity index (χ1) is 15.0. The summed E-state index contributed by atoms with van der Waals surface area (Å²) in [7, 11) is -4.82. The Labute approximate surface area is 209 Å². The Morgan fingerprint density at radius 1 is 0.939 bits per heavy atom. The van der Waals surface area contributed by atoms with Crippen LogP contribution in [0.3, 0.4) is 0 Å². The Kier molecular flexibility index (Phi) is 7.90. The van der Waals surface area contributed by atoms with Gasteiger partial charge in [-0.2, -0.15) is 0 Å². The van der Waals surface area contributed by atoms with Crippen LogP contribution in [0.4, 0.5) is 0 Å². The Bertz CT molecular complexity index is 924. The van der Waals surface area contributed by atoms with Crippen LogP contribution in [0.25, 0.3) is 0 Å². The van der Waals surface area contributed by atoms with E-state index in [0.29, 0.717) is 0 Å². The molecule has 1 aromatic rings. The van der Waals surface area contributed by atoms with Crippen LogP contribution in [0, 0.1) is 3.57 Å². The second-order valence-corrected chi connectivity index (χ2v) is 12.5. The second-order valence-electron chi connectivity index (χ2n) is 10.2. The lowest BCUT2D eigenvalue weighted by molar-refractivity contribution is -0.238. The number of rotatable bonds is 3. The summed E-state index contributed by atoms with van der Waals surface area (Å²) in [6.45, 7) is 13.1. The van der Waals surface area contributed by atoms with E-state index in [0.717, 1.165) is 0 Å². The monoisotopic (exact) mass is 599 g/mol. The number of hydrogen-bond acceptors (Lipinski definition) is 9. The topological polar surface area (TPSA) is 113 Å². The van der Waals surface area contributed by atoms with Gasteiger partial charge in [0.1, 0.15) is 24.4 Å². The largest absolute Gasteiger partial charge is 0.726 e. The highest BCUT2D eigenvalue weighted by Crippen LogP contribution is 2.44. The van der Waals surface area contributed by atoms with Gasteiger partial charge in [0.25, 0.3) is 0 Å². The van der Waals surface area contributed by atoms with Crippen molar-refractivity contribution in [3.05, 3.63) is 33.4 Å². The molecule has 0 amide bonds. The predicted molar refractivity (Wildman–Crippen MR) is 126 cm³/mol. The molecule has 0 aromatic heterocycles. The molecule has 0 N–H and O–H groups in total. The standard InChI is InChI=1S/C12H20O9S.C10H13I/c1-11(2)18-7-6(5-16-22(13,14)15)17-10-9(8(7)19-11)20-12(3,4)21-10;1-10(2,3)8-4-6-9(11)7-5-8/h6-10H,5H2,1-4H3,(H,13,14,15);4-7H,1-3H3/p-1. The van der Waals surface area contributed by atoms with Crippen LogP contribution in [0.5, 0.6) is 0 Å². The molecule has 0 aliphatic carbocycles. The smallest absolute Gasteiger partial charge is 0.217 e. The van der Waals surface area contributed by atoms with Gasteiger partial charge < -0.3 is 28.2 Å². The van der Waals surface area contributed by atoms with Crippen molar-refractivity contribution in [2.75, 3.05) is 6.61 Å². The van der Waals surface area contributed by atoms with E-state index in [1.165, 1.54) is 9.13 Å². The SMILES string of the molecule is CC(C)(C)c1ccc(I)cc1.CC1(C)OC2OC(COS(=O)(=O)[O-])C3OC(C)(C)OC3C2O1. The lowest BCUT2D eigenvalue weighted by atomic mass is 9.87. The van der Waals surface area contributed by atoms with Crippen molar-refractivity contribution in [1.82, 2.24) is 0 Å². The molecule has 4 rings (SSSR count). The van der Waals surface area contributed by atoms with E-state index in [9.17, 15) is 13.0 Å². The highest BCUT2D eigenvalue weighted by molar-refractivity contribution is 14.1. The van der Waals surface area contributed by atoms with E-state index in [4.69, 9.17) is 23.7 Å². The molecular formula is C22H32IO9S-. The van der Waals surface area contributed by atoms with Gasteiger partial charge >= 0.3 is 0 Å². The van der Waals surface area contributed by atoms with Crippen LogP contribution >= 0.6 is 22.6 Å². The third-order valence-electron chi connectivity index (χ3n) is 5.34. The van der Waals surface area contributed by atoms with Crippen molar-refractivity contribution in [2.24, 2.45) is 0 Å². The molecule has 5 unspecified atom stereocenters. The van der Waals surface area contributed by atoms with E-state index >= 15 is 0 Å². The lowest BCUT2D eigenvalue weighted by Crippen LogP contribution is -2.56. The first-order valence-electron chi connectivity index (χ1n) is 10.7. The average Bonchev–Trinajstić information content (AvgIpc) is 3.13. The van der Waals surface area contributed by atoms with E-state index in [1.807, 2.05) is 0 Å². The van der Waals surface area contributed by atoms with E-state index in [1.54, 1.807) is 27.7 Å². The van der Waals surface area contributed by atoms with Crippen LogP contribution < -0.4 is 0 Å². The Balaban J connectivity index is 0.000000235. The molecule has 188 valence electrons. The van der Waals surface area contributed by atoms with Crippen molar-refractivity contribution in [3.8, 4) is 0 Å². The molecule has 0 spiro atoms. The van der Waals surface area contributed by atoms with Crippen molar-refractivity contribution >= 4 is 33.0 Å². The molecule has 0 bridgehead atoms. The minimum absolute atomic E-state index is 0.282. The molecule has 0 saturated carbocycles. The van der Waals surface area contributed by atoms with Crippen LogP contribution in [0.15, 0.2) is 24.3 Å². The molecule has 3 heterocycles. The summed E-state index contributed by atoms with van der Waals surface area (Å²) in [6, 6.07) is 8.70. The Morgan fingerprint density at radius 3 is 2.00 bits per heavy atom. The molecule has 1 aromatic carbocycles. The maximum absolute atomic E-state index is 10.7. The average molecular weight is 599 g/mol.